The molecule has 1 rings (SSSR count). The fourth-order valence-corrected chi connectivity index (χ4v) is 1.44. The highest BCUT2D eigenvalue weighted by Gasteiger charge is 2.16. The predicted molar refractivity (Wildman–Crippen MR) is 65.7 cm³/mol. The maximum atomic E-state index is 9.04. The van der Waals surface area contributed by atoms with Crippen LogP contribution in [0.3, 0.4) is 0 Å². The van der Waals surface area contributed by atoms with Gasteiger partial charge in [-0.05, 0) is 0 Å². The molecule has 1 aromatic rings. The van der Waals surface area contributed by atoms with Gasteiger partial charge in [0.25, 0.3) is 0 Å². The summed E-state index contributed by atoms with van der Waals surface area (Å²) in [4.78, 5) is 9.92. The van der Waals surface area contributed by atoms with E-state index in [0.717, 1.165) is 0 Å². The second-order valence-corrected chi connectivity index (χ2v) is 3.42. The number of aromatic nitrogens is 2. The molecular formula is C10H17N5O3. The number of methoxy groups -OCH3 is 1. The molecule has 0 radical (unpaired) electrons. The molecule has 0 aliphatic carbocycles. The first-order valence-corrected chi connectivity index (χ1v) is 5.38. The Morgan fingerprint density at radius 1 is 1.44 bits per heavy atom. The minimum absolute atomic E-state index is 0.0457. The van der Waals surface area contributed by atoms with Gasteiger partial charge in [0.15, 0.2) is 17.3 Å². The van der Waals surface area contributed by atoms with Gasteiger partial charge in [0.2, 0.25) is 0 Å². The van der Waals surface area contributed by atoms with Crippen molar-refractivity contribution in [2.75, 3.05) is 38.3 Å². The molecule has 0 unspecified atom stereocenters. The van der Waals surface area contributed by atoms with Crippen LogP contribution in [0.1, 0.15) is 5.69 Å². The summed E-state index contributed by atoms with van der Waals surface area (Å²) in [6, 6.07) is 0. The molecule has 0 saturated carbocycles. The number of oxime groups is 1. The number of rotatable bonds is 7. The lowest BCUT2D eigenvalue weighted by atomic mass is 10.3. The third-order valence-electron chi connectivity index (χ3n) is 2.26. The van der Waals surface area contributed by atoms with E-state index in [4.69, 9.17) is 20.8 Å². The SMILES string of the molecule is COCCN(CCO)c1nccnc1C(N)=NO. The van der Waals surface area contributed by atoms with Gasteiger partial charge in [-0.15, -0.1) is 0 Å². The van der Waals surface area contributed by atoms with Crippen LogP contribution in [-0.4, -0.2) is 59.5 Å². The van der Waals surface area contributed by atoms with Gasteiger partial charge in [0, 0.05) is 32.6 Å². The topological polar surface area (TPSA) is 117 Å². The second-order valence-electron chi connectivity index (χ2n) is 3.42. The summed E-state index contributed by atoms with van der Waals surface area (Å²) in [7, 11) is 1.58. The number of hydrogen-bond acceptors (Lipinski definition) is 7. The van der Waals surface area contributed by atoms with Crippen LogP contribution in [0, 0.1) is 0 Å². The monoisotopic (exact) mass is 255 g/mol. The Balaban J connectivity index is 3.02. The first kappa shape index (κ1) is 14.1. The predicted octanol–water partition coefficient (Wildman–Crippen LogP) is -0.984. The number of amidine groups is 1. The number of anilines is 1. The van der Waals surface area contributed by atoms with E-state index < -0.39 is 0 Å². The Morgan fingerprint density at radius 3 is 2.78 bits per heavy atom. The molecule has 0 amide bonds. The van der Waals surface area contributed by atoms with Gasteiger partial charge in [-0.25, -0.2) is 9.97 Å². The van der Waals surface area contributed by atoms with Gasteiger partial charge in [-0.2, -0.15) is 0 Å². The lowest BCUT2D eigenvalue weighted by Crippen LogP contribution is -2.33. The summed E-state index contributed by atoms with van der Waals surface area (Å²) in [6.07, 6.45) is 2.95. The molecule has 8 heteroatoms. The van der Waals surface area contributed by atoms with Crippen molar-refractivity contribution in [1.29, 1.82) is 0 Å². The zero-order valence-corrected chi connectivity index (χ0v) is 10.2. The van der Waals surface area contributed by atoms with Crippen molar-refractivity contribution in [2.45, 2.75) is 0 Å². The van der Waals surface area contributed by atoms with Gasteiger partial charge in [0.05, 0.1) is 13.2 Å². The van der Waals surface area contributed by atoms with Crippen LogP contribution in [0.15, 0.2) is 17.5 Å². The van der Waals surface area contributed by atoms with Crippen LogP contribution < -0.4 is 10.6 Å². The van der Waals surface area contributed by atoms with Crippen LogP contribution in [0.2, 0.25) is 0 Å². The largest absolute Gasteiger partial charge is 0.409 e. The number of nitrogens with two attached hydrogens (primary N) is 1. The normalized spacial score (nSPS) is 11.6. The van der Waals surface area contributed by atoms with E-state index in [0.29, 0.717) is 25.5 Å². The summed E-state index contributed by atoms with van der Waals surface area (Å²) >= 11 is 0. The van der Waals surface area contributed by atoms with E-state index >= 15 is 0 Å². The van der Waals surface area contributed by atoms with Crippen LogP contribution in [-0.2, 0) is 4.74 Å². The molecule has 0 spiro atoms. The highest BCUT2D eigenvalue weighted by molar-refractivity contribution is 5.99. The Bertz CT molecular complexity index is 399. The zero-order valence-electron chi connectivity index (χ0n) is 10.2. The third kappa shape index (κ3) is 3.54. The van der Waals surface area contributed by atoms with Crippen molar-refractivity contribution in [3.8, 4) is 0 Å². The van der Waals surface area contributed by atoms with Crippen molar-refractivity contribution < 1.29 is 15.1 Å². The Hall–Kier alpha value is -1.93. The number of aliphatic hydroxyl groups is 1. The highest BCUT2D eigenvalue weighted by Crippen LogP contribution is 2.14. The fraction of sp³-hybridized carbons (Fsp3) is 0.500. The van der Waals surface area contributed by atoms with Crippen molar-refractivity contribution >= 4 is 11.7 Å². The molecule has 18 heavy (non-hydrogen) atoms. The van der Waals surface area contributed by atoms with E-state index in [1.54, 1.807) is 12.0 Å². The molecule has 1 aromatic heterocycles. The van der Waals surface area contributed by atoms with Gasteiger partial charge >= 0.3 is 0 Å². The smallest absolute Gasteiger partial charge is 0.192 e. The highest BCUT2D eigenvalue weighted by atomic mass is 16.5. The third-order valence-corrected chi connectivity index (χ3v) is 2.26. The van der Waals surface area contributed by atoms with Crippen molar-refractivity contribution in [1.82, 2.24) is 9.97 Å². The van der Waals surface area contributed by atoms with E-state index in [1.807, 2.05) is 0 Å². The summed E-state index contributed by atoms with van der Waals surface area (Å²) in [6.45, 7) is 1.29. The lowest BCUT2D eigenvalue weighted by Gasteiger charge is -2.23. The average molecular weight is 255 g/mol. The van der Waals surface area contributed by atoms with Crippen LogP contribution in [0.4, 0.5) is 5.82 Å². The second kappa shape index (κ2) is 7.41. The number of ether oxygens (including phenoxy) is 1. The van der Waals surface area contributed by atoms with Crippen LogP contribution in [0.5, 0.6) is 0 Å². The summed E-state index contributed by atoms with van der Waals surface area (Å²) in [5.74, 6) is 0.317. The Kier molecular flexibility index (Phi) is 5.81. The Labute approximate surface area is 105 Å². The van der Waals surface area contributed by atoms with Gasteiger partial charge in [-0.1, -0.05) is 5.16 Å². The molecule has 0 saturated heterocycles. The average Bonchev–Trinajstić information content (AvgIpc) is 2.42. The van der Waals surface area contributed by atoms with Crippen molar-refractivity contribution in [2.24, 2.45) is 10.9 Å². The minimum Gasteiger partial charge on any atom is -0.409 e. The van der Waals surface area contributed by atoms with Crippen molar-refractivity contribution in [3.63, 3.8) is 0 Å². The zero-order chi connectivity index (χ0) is 13.4. The van der Waals surface area contributed by atoms with Gasteiger partial charge in [-0.3, -0.25) is 0 Å². The minimum atomic E-state index is -0.126. The van der Waals surface area contributed by atoms with E-state index in [1.165, 1.54) is 12.4 Å². The van der Waals surface area contributed by atoms with E-state index in [9.17, 15) is 0 Å². The maximum absolute atomic E-state index is 9.04. The quantitative estimate of drug-likeness (QED) is 0.248. The fourth-order valence-electron chi connectivity index (χ4n) is 1.44. The number of aliphatic hydroxyl groups excluding tert-OH is 1. The molecule has 0 aliphatic heterocycles. The van der Waals surface area contributed by atoms with Gasteiger partial charge < -0.3 is 25.7 Å². The molecular weight excluding hydrogens is 238 g/mol. The molecule has 0 aromatic carbocycles. The first-order chi connectivity index (χ1) is 8.74. The van der Waals surface area contributed by atoms with E-state index in [2.05, 4.69) is 15.1 Å². The van der Waals surface area contributed by atoms with Crippen LogP contribution in [0.25, 0.3) is 0 Å². The van der Waals surface area contributed by atoms with Crippen molar-refractivity contribution in [3.05, 3.63) is 18.1 Å². The number of nitrogens with zero attached hydrogens (tertiary/aromatic N) is 4. The molecule has 1 heterocycles. The molecule has 0 atom stereocenters. The summed E-state index contributed by atoms with van der Waals surface area (Å²) < 4.78 is 4.98. The number of hydrogen-bond donors (Lipinski definition) is 3. The summed E-state index contributed by atoms with van der Waals surface area (Å²) in [5, 5.41) is 20.7. The molecule has 8 nitrogen and oxygen atoms in total. The maximum Gasteiger partial charge on any atom is 0.192 e. The lowest BCUT2D eigenvalue weighted by molar-refractivity contribution is 0.202. The standard InChI is InChI=1S/C10H17N5O3/c1-18-7-5-15(4-6-16)10-8(9(11)14-17)12-2-3-13-10/h2-3,16-17H,4-7H2,1H3,(H2,11,14). The Morgan fingerprint density at radius 2 is 2.17 bits per heavy atom. The summed E-state index contributed by atoms with van der Waals surface area (Å²) in [5.41, 5.74) is 5.80. The molecule has 0 fully saturated rings. The molecule has 0 aliphatic rings. The van der Waals surface area contributed by atoms with Crippen LogP contribution >= 0.6 is 0 Å². The van der Waals surface area contributed by atoms with Gasteiger partial charge in [0.1, 0.15) is 0 Å². The molecule has 100 valence electrons. The first-order valence-electron chi connectivity index (χ1n) is 5.38. The molecule has 0 bridgehead atoms. The van der Waals surface area contributed by atoms with E-state index in [-0.39, 0.29) is 18.1 Å². The molecule has 4 N–H and O–H groups in total.